The van der Waals surface area contributed by atoms with Gasteiger partial charge in [0.05, 0.1) is 6.61 Å². The molecule has 1 aromatic heterocycles. The van der Waals surface area contributed by atoms with Crippen LogP contribution in [-0.2, 0) is 10.0 Å². The molecule has 102 valence electrons. The molecule has 0 atom stereocenters. The normalized spacial score (nSPS) is 17.7. The van der Waals surface area contributed by atoms with Crippen molar-refractivity contribution in [1.82, 2.24) is 4.31 Å². The number of thiophene rings is 1. The summed E-state index contributed by atoms with van der Waals surface area (Å²) in [5, 5.41) is 9.11. The first kappa shape index (κ1) is 14.0. The summed E-state index contributed by atoms with van der Waals surface area (Å²) in [7, 11) is -3.43. The average molecular weight is 289 g/mol. The van der Waals surface area contributed by atoms with Gasteiger partial charge < -0.3 is 5.11 Å². The molecular weight excluding hydrogens is 270 g/mol. The quantitative estimate of drug-likeness (QED) is 0.902. The van der Waals surface area contributed by atoms with Crippen LogP contribution in [0.2, 0.25) is 0 Å². The highest BCUT2D eigenvalue weighted by Crippen LogP contribution is 2.31. The third-order valence-electron chi connectivity index (χ3n) is 3.33. The first-order valence-electron chi connectivity index (χ1n) is 6.25. The molecule has 0 spiro atoms. The minimum Gasteiger partial charge on any atom is -0.395 e. The Morgan fingerprint density at radius 1 is 1.39 bits per heavy atom. The van der Waals surface area contributed by atoms with Gasteiger partial charge in [-0.15, -0.1) is 11.3 Å². The van der Waals surface area contributed by atoms with Crippen LogP contribution in [0.3, 0.4) is 0 Å². The molecule has 0 radical (unpaired) electrons. The van der Waals surface area contributed by atoms with Crippen LogP contribution >= 0.6 is 11.3 Å². The number of aliphatic hydroxyl groups is 1. The van der Waals surface area contributed by atoms with Crippen LogP contribution in [0.15, 0.2) is 16.3 Å². The number of hydrogen-bond donors (Lipinski definition) is 1. The molecule has 1 saturated carbocycles. The van der Waals surface area contributed by atoms with Crippen molar-refractivity contribution in [2.24, 2.45) is 0 Å². The van der Waals surface area contributed by atoms with Crippen LogP contribution < -0.4 is 0 Å². The Hall–Kier alpha value is -0.430. The molecule has 1 heterocycles. The Morgan fingerprint density at radius 3 is 2.56 bits per heavy atom. The standard InChI is InChI=1S/C12H19NO3S2/c1-10-6-7-12(17-10)18(15,16)13(8-9-14)11-4-2-3-5-11/h6-7,11,14H,2-5,8-9H2,1H3. The van der Waals surface area contributed by atoms with Gasteiger partial charge in [-0.2, -0.15) is 4.31 Å². The summed E-state index contributed by atoms with van der Waals surface area (Å²) in [5.41, 5.74) is 0. The molecule has 4 nitrogen and oxygen atoms in total. The lowest BCUT2D eigenvalue weighted by atomic mass is 10.2. The van der Waals surface area contributed by atoms with Crippen molar-refractivity contribution < 1.29 is 13.5 Å². The van der Waals surface area contributed by atoms with Gasteiger partial charge >= 0.3 is 0 Å². The van der Waals surface area contributed by atoms with Gasteiger partial charge in [0, 0.05) is 17.5 Å². The molecule has 6 heteroatoms. The second kappa shape index (κ2) is 5.69. The zero-order valence-corrected chi connectivity index (χ0v) is 12.1. The van der Waals surface area contributed by atoms with E-state index in [-0.39, 0.29) is 19.2 Å². The molecule has 0 aromatic carbocycles. The summed E-state index contributed by atoms with van der Waals surface area (Å²) in [6.45, 7) is 1.97. The molecule has 0 saturated heterocycles. The molecule has 1 N–H and O–H groups in total. The number of aliphatic hydroxyl groups excluding tert-OH is 1. The molecular formula is C12H19NO3S2. The van der Waals surface area contributed by atoms with E-state index in [0.717, 1.165) is 30.6 Å². The molecule has 1 fully saturated rings. The predicted octanol–water partition coefficient (Wildman–Crippen LogP) is 1.98. The number of hydrogen-bond acceptors (Lipinski definition) is 4. The van der Waals surface area contributed by atoms with Crippen LogP contribution in [0.25, 0.3) is 0 Å². The van der Waals surface area contributed by atoms with E-state index >= 15 is 0 Å². The first-order chi connectivity index (χ1) is 8.55. The van der Waals surface area contributed by atoms with E-state index < -0.39 is 10.0 Å². The van der Waals surface area contributed by atoms with E-state index in [4.69, 9.17) is 5.11 Å². The average Bonchev–Trinajstić information content (AvgIpc) is 2.96. The van der Waals surface area contributed by atoms with Crippen LogP contribution in [-0.4, -0.2) is 37.0 Å². The lowest BCUT2D eigenvalue weighted by Crippen LogP contribution is -2.40. The summed E-state index contributed by atoms with van der Waals surface area (Å²) in [5.74, 6) is 0. The number of aryl methyl sites for hydroxylation is 1. The molecule has 1 aliphatic rings. The predicted molar refractivity (Wildman–Crippen MR) is 72.3 cm³/mol. The Morgan fingerprint density at radius 2 is 2.06 bits per heavy atom. The van der Waals surface area contributed by atoms with Crippen LogP contribution in [0.1, 0.15) is 30.6 Å². The van der Waals surface area contributed by atoms with Crippen LogP contribution in [0.5, 0.6) is 0 Å². The molecule has 2 rings (SSSR count). The molecule has 0 amide bonds. The summed E-state index contributed by atoms with van der Waals surface area (Å²) in [4.78, 5) is 0.990. The lowest BCUT2D eigenvalue weighted by molar-refractivity contribution is 0.226. The highest BCUT2D eigenvalue weighted by molar-refractivity contribution is 7.91. The summed E-state index contributed by atoms with van der Waals surface area (Å²) >= 11 is 1.30. The highest BCUT2D eigenvalue weighted by atomic mass is 32.2. The summed E-state index contributed by atoms with van der Waals surface area (Å²) in [6, 6.07) is 3.54. The van der Waals surface area contributed by atoms with E-state index in [9.17, 15) is 8.42 Å². The van der Waals surface area contributed by atoms with Gasteiger partial charge in [0.2, 0.25) is 0 Å². The Bertz CT molecular complexity index is 489. The maximum Gasteiger partial charge on any atom is 0.252 e. The van der Waals surface area contributed by atoms with Crippen molar-refractivity contribution in [3.05, 3.63) is 17.0 Å². The number of rotatable bonds is 5. The molecule has 1 aliphatic carbocycles. The minimum absolute atomic E-state index is 0.0598. The Balaban J connectivity index is 2.28. The van der Waals surface area contributed by atoms with Gasteiger partial charge in [0.15, 0.2) is 0 Å². The second-order valence-electron chi connectivity index (χ2n) is 4.64. The summed E-state index contributed by atoms with van der Waals surface area (Å²) < 4.78 is 27.0. The SMILES string of the molecule is Cc1ccc(S(=O)(=O)N(CCO)C2CCCC2)s1. The Labute approximate surface area is 112 Å². The smallest absolute Gasteiger partial charge is 0.252 e. The van der Waals surface area contributed by atoms with Crippen molar-refractivity contribution in [2.75, 3.05) is 13.2 Å². The molecule has 0 aliphatic heterocycles. The largest absolute Gasteiger partial charge is 0.395 e. The third kappa shape index (κ3) is 2.77. The zero-order chi connectivity index (χ0) is 13.2. The molecule has 0 bridgehead atoms. The van der Waals surface area contributed by atoms with Crippen molar-refractivity contribution >= 4 is 21.4 Å². The van der Waals surface area contributed by atoms with Crippen LogP contribution in [0.4, 0.5) is 0 Å². The van der Waals surface area contributed by atoms with Crippen molar-refractivity contribution in [3.63, 3.8) is 0 Å². The maximum atomic E-state index is 12.5. The number of sulfonamides is 1. The van der Waals surface area contributed by atoms with Crippen molar-refractivity contribution in [2.45, 2.75) is 42.9 Å². The maximum absolute atomic E-state index is 12.5. The summed E-state index contributed by atoms with van der Waals surface area (Å²) in [6.07, 6.45) is 3.96. The minimum atomic E-state index is -3.43. The molecule has 18 heavy (non-hydrogen) atoms. The van der Waals surface area contributed by atoms with Gasteiger partial charge in [-0.05, 0) is 31.9 Å². The Kier molecular flexibility index (Phi) is 4.42. The fraction of sp³-hybridized carbons (Fsp3) is 0.667. The van der Waals surface area contributed by atoms with Gasteiger partial charge in [-0.1, -0.05) is 12.8 Å². The topological polar surface area (TPSA) is 57.6 Å². The van der Waals surface area contributed by atoms with E-state index in [1.165, 1.54) is 15.6 Å². The van der Waals surface area contributed by atoms with Crippen molar-refractivity contribution in [3.8, 4) is 0 Å². The second-order valence-corrected chi connectivity index (χ2v) is 8.05. The van der Waals surface area contributed by atoms with Crippen LogP contribution in [0, 0.1) is 6.92 Å². The monoisotopic (exact) mass is 289 g/mol. The van der Waals surface area contributed by atoms with E-state index in [1.807, 2.05) is 13.0 Å². The highest BCUT2D eigenvalue weighted by Gasteiger charge is 2.33. The zero-order valence-electron chi connectivity index (χ0n) is 10.5. The number of nitrogens with zero attached hydrogens (tertiary/aromatic N) is 1. The lowest BCUT2D eigenvalue weighted by Gasteiger charge is -2.26. The van der Waals surface area contributed by atoms with E-state index in [1.54, 1.807) is 6.07 Å². The van der Waals surface area contributed by atoms with Gasteiger partial charge in [0.25, 0.3) is 10.0 Å². The van der Waals surface area contributed by atoms with Gasteiger partial charge in [0.1, 0.15) is 4.21 Å². The fourth-order valence-corrected chi connectivity index (χ4v) is 5.54. The van der Waals surface area contributed by atoms with E-state index in [2.05, 4.69) is 0 Å². The first-order valence-corrected chi connectivity index (χ1v) is 8.50. The van der Waals surface area contributed by atoms with Crippen molar-refractivity contribution in [1.29, 1.82) is 0 Å². The molecule has 0 unspecified atom stereocenters. The van der Waals surface area contributed by atoms with E-state index in [0.29, 0.717) is 4.21 Å². The third-order valence-corrected chi connectivity index (χ3v) is 6.75. The van der Waals surface area contributed by atoms with Gasteiger partial charge in [-0.25, -0.2) is 8.42 Å². The van der Waals surface area contributed by atoms with Gasteiger partial charge in [-0.3, -0.25) is 0 Å². The molecule has 1 aromatic rings. The fourth-order valence-electron chi connectivity index (χ4n) is 2.46.